The van der Waals surface area contributed by atoms with Crippen LogP contribution >= 0.6 is 0 Å². The maximum atomic E-state index is 12.6. The number of benzene rings is 2. The third kappa shape index (κ3) is 2.97. The monoisotopic (exact) mass is 346 g/mol. The van der Waals surface area contributed by atoms with Crippen molar-refractivity contribution in [3.63, 3.8) is 0 Å². The van der Waals surface area contributed by atoms with Crippen LogP contribution in [0.15, 0.2) is 60.8 Å². The number of nitrogens with two attached hydrogens (primary N) is 1. The minimum atomic E-state index is -0.565. The van der Waals surface area contributed by atoms with Gasteiger partial charge in [-0.1, -0.05) is 24.3 Å². The largest absolute Gasteiger partial charge is 0.364 e. The highest BCUT2D eigenvalue weighted by atomic mass is 16.2. The molecule has 1 aromatic heterocycles. The number of nitrogens with one attached hydrogen (secondary N) is 1. The van der Waals surface area contributed by atoms with E-state index >= 15 is 0 Å². The summed E-state index contributed by atoms with van der Waals surface area (Å²) in [7, 11) is 0. The number of hydrogen-bond donors (Lipinski definition) is 2. The lowest BCUT2D eigenvalue weighted by atomic mass is 10.0. The first-order valence-electron chi connectivity index (χ1n) is 8.46. The molecule has 6 nitrogen and oxygen atoms in total. The Bertz CT molecular complexity index is 975. The quantitative estimate of drug-likeness (QED) is 0.761. The Morgan fingerprint density at radius 2 is 1.85 bits per heavy atom. The third-order valence-electron chi connectivity index (χ3n) is 4.69. The Hall–Kier alpha value is -3.41. The van der Waals surface area contributed by atoms with Gasteiger partial charge in [-0.05, 0) is 54.3 Å². The molecule has 0 unspecified atom stereocenters. The molecule has 0 saturated carbocycles. The summed E-state index contributed by atoms with van der Waals surface area (Å²) >= 11 is 0. The highest BCUT2D eigenvalue weighted by Gasteiger charge is 2.28. The second-order valence-corrected chi connectivity index (χ2v) is 6.34. The van der Waals surface area contributed by atoms with Crippen LogP contribution in [-0.2, 0) is 11.2 Å². The molecule has 2 aromatic carbocycles. The zero-order valence-electron chi connectivity index (χ0n) is 14.1. The van der Waals surface area contributed by atoms with Crippen molar-refractivity contribution in [2.24, 2.45) is 5.73 Å². The summed E-state index contributed by atoms with van der Waals surface area (Å²) in [5.74, 6) is -0.655. The van der Waals surface area contributed by atoms with Crippen molar-refractivity contribution in [2.75, 3.05) is 5.32 Å². The van der Waals surface area contributed by atoms with Gasteiger partial charge < -0.3 is 11.1 Å². The molecular formula is C20H18N4O2. The molecule has 26 heavy (non-hydrogen) atoms. The highest BCUT2D eigenvalue weighted by Crippen LogP contribution is 2.33. The van der Waals surface area contributed by atoms with Crippen molar-refractivity contribution in [2.45, 2.75) is 18.8 Å². The van der Waals surface area contributed by atoms with Gasteiger partial charge in [0, 0.05) is 11.9 Å². The van der Waals surface area contributed by atoms with Crippen LogP contribution in [0.1, 0.15) is 34.0 Å². The van der Waals surface area contributed by atoms with Gasteiger partial charge in [-0.2, -0.15) is 5.10 Å². The minimum absolute atomic E-state index is 0.0119. The molecule has 130 valence electrons. The van der Waals surface area contributed by atoms with Crippen molar-refractivity contribution in [3.05, 3.63) is 77.6 Å². The number of anilines is 1. The molecule has 6 heteroatoms. The van der Waals surface area contributed by atoms with E-state index in [1.165, 1.54) is 5.56 Å². The molecule has 1 heterocycles. The molecule has 0 bridgehead atoms. The number of nitrogens with zero attached hydrogens (tertiary/aromatic N) is 2. The molecule has 3 N–H and O–H groups in total. The van der Waals surface area contributed by atoms with E-state index in [1.54, 1.807) is 16.9 Å². The van der Waals surface area contributed by atoms with Crippen LogP contribution < -0.4 is 11.1 Å². The summed E-state index contributed by atoms with van der Waals surface area (Å²) in [6, 6.07) is 17.0. The molecule has 1 aliphatic carbocycles. The van der Waals surface area contributed by atoms with E-state index in [0.29, 0.717) is 0 Å². The molecule has 0 aliphatic heterocycles. The van der Waals surface area contributed by atoms with Crippen LogP contribution in [0.25, 0.3) is 5.69 Å². The van der Waals surface area contributed by atoms with Crippen LogP contribution in [0.5, 0.6) is 0 Å². The van der Waals surface area contributed by atoms with Gasteiger partial charge in [0.2, 0.25) is 5.91 Å². The molecule has 3 aromatic rings. The molecule has 1 aliphatic rings. The first kappa shape index (κ1) is 16.1. The number of hydrogen-bond acceptors (Lipinski definition) is 3. The van der Waals surface area contributed by atoms with Crippen LogP contribution in [0.2, 0.25) is 0 Å². The molecule has 0 fully saturated rings. The minimum Gasteiger partial charge on any atom is -0.364 e. The van der Waals surface area contributed by atoms with Crippen molar-refractivity contribution < 1.29 is 9.59 Å². The number of aromatic nitrogens is 2. The van der Waals surface area contributed by atoms with Gasteiger partial charge in [-0.25, -0.2) is 4.68 Å². The Labute approximate surface area is 150 Å². The van der Waals surface area contributed by atoms with Gasteiger partial charge >= 0.3 is 0 Å². The van der Waals surface area contributed by atoms with Gasteiger partial charge in [0.15, 0.2) is 0 Å². The van der Waals surface area contributed by atoms with E-state index in [2.05, 4.69) is 16.5 Å². The standard InChI is InChI=1S/C20H18N4O2/c21-19(25)18-11-12-24(23-18)15-8-6-14(7-9-15)22-20(26)17-10-5-13-3-1-2-4-16(13)17/h1-4,6-9,11-12,17H,5,10H2,(H2,21,25)(H,22,26)/t17-/m1/s1. The Morgan fingerprint density at radius 1 is 1.08 bits per heavy atom. The van der Waals surface area contributed by atoms with Crippen molar-refractivity contribution in [3.8, 4) is 5.69 Å². The maximum Gasteiger partial charge on any atom is 0.269 e. The predicted molar refractivity (Wildman–Crippen MR) is 98.2 cm³/mol. The fourth-order valence-corrected chi connectivity index (χ4v) is 3.36. The Morgan fingerprint density at radius 3 is 2.58 bits per heavy atom. The maximum absolute atomic E-state index is 12.6. The lowest BCUT2D eigenvalue weighted by molar-refractivity contribution is -0.117. The van der Waals surface area contributed by atoms with Gasteiger partial charge in [0.1, 0.15) is 5.69 Å². The molecule has 0 saturated heterocycles. The smallest absolute Gasteiger partial charge is 0.269 e. The lowest BCUT2D eigenvalue weighted by Gasteiger charge is -2.12. The third-order valence-corrected chi connectivity index (χ3v) is 4.69. The first-order chi connectivity index (χ1) is 12.6. The van der Waals surface area contributed by atoms with E-state index < -0.39 is 5.91 Å². The average molecular weight is 346 g/mol. The zero-order valence-corrected chi connectivity index (χ0v) is 14.1. The van der Waals surface area contributed by atoms with Gasteiger partial charge in [0.25, 0.3) is 5.91 Å². The van der Waals surface area contributed by atoms with Crippen molar-refractivity contribution >= 4 is 17.5 Å². The van der Waals surface area contributed by atoms with E-state index in [0.717, 1.165) is 29.8 Å². The fourth-order valence-electron chi connectivity index (χ4n) is 3.36. The number of carbonyl (C=O) groups excluding carboxylic acids is 2. The summed E-state index contributed by atoms with van der Waals surface area (Å²) in [4.78, 5) is 23.8. The van der Waals surface area contributed by atoms with E-state index in [9.17, 15) is 9.59 Å². The molecule has 2 amide bonds. The molecule has 4 rings (SSSR count). The van der Waals surface area contributed by atoms with Crippen molar-refractivity contribution in [1.82, 2.24) is 9.78 Å². The van der Waals surface area contributed by atoms with Crippen LogP contribution in [-0.4, -0.2) is 21.6 Å². The van der Waals surface area contributed by atoms with Gasteiger partial charge in [0.05, 0.1) is 11.6 Å². The number of primary amides is 1. The molecule has 1 atom stereocenters. The van der Waals surface area contributed by atoms with Crippen molar-refractivity contribution in [1.29, 1.82) is 0 Å². The van der Waals surface area contributed by atoms with Gasteiger partial charge in [-0.3, -0.25) is 9.59 Å². The molecule has 0 spiro atoms. The second-order valence-electron chi connectivity index (χ2n) is 6.34. The predicted octanol–water partition coefficient (Wildman–Crippen LogP) is 2.64. The summed E-state index contributed by atoms with van der Waals surface area (Å²) < 4.78 is 1.57. The van der Waals surface area contributed by atoms with E-state index in [4.69, 9.17) is 5.73 Å². The highest BCUT2D eigenvalue weighted by molar-refractivity contribution is 5.96. The van der Waals surface area contributed by atoms with E-state index in [-0.39, 0.29) is 17.5 Å². The van der Waals surface area contributed by atoms with Crippen LogP contribution in [0, 0.1) is 0 Å². The van der Waals surface area contributed by atoms with Crippen LogP contribution in [0.3, 0.4) is 0 Å². The molecule has 0 radical (unpaired) electrons. The molecular weight excluding hydrogens is 328 g/mol. The fraction of sp³-hybridized carbons (Fsp3) is 0.150. The number of rotatable bonds is 4. The summed E-state index contributed by atoms with van der Waals surface area (Å²) in [5, 5.41) is 7.10. The summed E-state index contributed by atoms with van der Waals surface area (Å²) in [5.41, 5.74) is 9.31. The number of amides is 2. The summed E-state index contributed by atoms with van der Waals surface area (Å²) in [6.07, 6.45) is 3.45. The number of carbonyl (C=O) groups is 2. The van der Waals surface area contributed by atoms with E-state index in [1.807, 2.05) is 42.5 Å². The average Bonchev–Trinajstić information content (AvgIpc) is 3.30. The summed E-state index contributed by atoms with van der Waals surface area (Å²) in [6.45, 7) is 0. The normalized spacial score (nSPS) is 15.5. The Kier molecular flexibility index (Phi) is 4.01. The zero-order chi connectivity index (χ0) is 18.1. The van der Waals surface area contributed by atoms with Gasteiger partial charge in [-0.15, -0.1) is 0 Å². The SMILES string of the molecule is NC(=O)c1ccn(-c2ccc(NC(=O)[C@@H]3CCc4ccccc43)cc2)n1. The lowest BCUT2D eigenvalue weighted by Crippen LogP contribution is -2.19. The topological polar surface area (TPSA) is 90.0 Å². The second kappa shape index (κ2) is 6.48. The first-order valence-corrected chi connectivity index (χ1v) is 8.46. The Balaban J connectivity index is 1.47. The number of fused-ring (bicyclic) bond motifs is 1. The van der Waals surface area contributed by atoms with Crippen LogP contribution in [0.4, 0.5) is 5.69 Å². The number of aryl methyl sites for hydroxylation is 1.